The number of nitrogens with zero attached hydrogens (tertiary/aromatic N) is 2. The summed E-state index contributed by atoms with van der Waals surface area (Å²) in [6, 6.07) is 0. The van der Waals surface area contributed by atoms with Gasteiger partial charge in [-0.2, -0.15) is 0 Å². The van der Waals surface area contributed by atoms with Crippen LogP contribution in [0.15, 0.2) is 17.1 Å². The molecule has 4 nitrogen and oxygen atoms in total. The van der Waals surface area contributed by atoms with E-state index in [0.717, 1.165) is 31.7 Å². The van der Waals surface area contributed by atoms with Crippen LogP contribution in [0.4, 0.5) is 0 Å². The smallest absolute Gasteiger partial charge is 0.180 e. The van der Waals surface area contributed by atoms with Crippen molar-refractivity contribution in [2.24, 2.45) is 0 Å². The van der Waals surface area contributed by atoms with Gasteiger partial charge in [-0.1, -0.05) is 0 Å². The van der Waals surface area contributed by atoms with Gasteiger partial charge < -0.3 is 9.52 Å². The molecular weight excluding hydrogens is 168 g/mol. The Morgan fingerprint density at radius 3 is 3.15 bits per heavy atom. The molecule has 1 atom stereocenters. The van der Waals surface area contributed by atoms with Crippen molar-refractivity contribution < 1.29 is 9.52 Å². The van der Waals surface area contributed by atoms with E-state index in [9.17, 15) is 5.11 Å². The summed E-state index contributed by atoms with van der Waals surface area (Å²) in [5.74, 6) is 0. The molecule has 0 saturated carbocycles. The fourth-order valence-electron chi connectivity index (χ4n) is 1.72. The summed E-state index contributed by atoms with van der Waals surface area (Å²) in [7, 11) is 0. The SMILES string of the molecule is CC1(O)CCN(Cc2cocn2)C1. The van der Waals surface area contributed by atoms with Gasteiger partial charge in [-0.05, 0) is 13.3 Å². The number of aliphatic hydroxyl groups is 1. The Morgan fingerprint density at radius 1 is 1.77 bits per heavy atom. The highest BCUT2D eigenvalue weighted by atomic mass is 16.3. The molecule has 1 aliphatic heterocycles. The maximum atomic E-state index is 9.71. The lowest BCUT2D eigenvalue weighted by molar-refractivity contribution is 0.0677. The second kappa shape index (κ2) is 3.12. The molecular formula is C9H14N2O2. The topological polar surface area (TPSA) is 49.5 Å². The van der Waals surface area contributed by atoms with E-state index in [-0.39, 0.29) is 0 Å². The van der Waals surface area contributed by atoms with Crippen LogP contribution in [-0.2, 0) is 6.54 Å². The van der Waals surface area contributed by atoms with E-state index in [0.29, 0.717) is 0 Å². The third-order valence-corrected chi connectivity index (χ3v) is 2.40. The van der Waals surface area contributed by atoms with Crippen LogP contribution in [0, 0.1) is 0 Å². The average molecular weight is 182 g/mol. The zero-order valence-electron chi connectivity index (χ0n) is 7.73. The molecule has 1 fully saturated rings. The molecule has 72 valence electrons. The summed E-state index contributed by atoms with van der Waals surface area (Å²) < 4.78 is 4.88. The third-order valence-electron chi connectivity index (χ3n) is 2.40. The van der Waals surface area contributed by atoms with Gasteiger partial charge >= 0.3 is 0 Å². The van der Waals surface area contributed by atoms with Crippen LogP contribution >= 0.6 is 0 Å². The van der Waals surface area contributed by atoms with Gasteiger partial charge in [0.1, 0.15) is 6.26 Å². The molecule has 1 aliphatic rings. The van der Waals surface area contributed by atoms with Crippen molar-refractivity contribution >= 4 is 0 Å². The minimum atomic E-state index is -0.524. The lowest BCUT2D eigenvalue weighted by Gasteiger charge is -2.17. The van der Waals surface area contributed by atoms with E-state index in [1.54, 1.807) is 6.26 Å². The van der Waals surface area contributed by atoms with Gasteiger partial charge in [0.25, 0.3) is 0 Å². The Kier molecular flexibility index (Phi) is 2.09. The number of β-amino-alcohol motifs (C(OH)–C–C–N with tert-alkyl or cyclic N) is 1. The Hall–Kier alpha value is -0.870. The first-order valence-electron chi connectivity index (χ1n) is 4.47. The standard InChI is InChI=1S/C9H14N2O2/c1-9(12)2-3-11(6-9)4-8-5-13-7-10-8/h5,7,12H,2-4,6H2,1H3. The number of hydrogen-bond acceptors (Lipinski definition) is 4. The van der Waals surface area contributed by atoms with Crippen LogP contribution in [0.25, 0.3) is 0 Å². The number of hydrogen-bond donors (Lipinski definition) is 1. The minimum Gasteiger partial charge on any atom is -0.451 e. The molecule has 0 radical (unpaired) electrons. The molecule has 0 aliphatic carbocycles. The Labute approximate surface area is 77.2 Å². The maximum Gasteiger partial charge on any atom is 0.180 e. The summed E-state index contributed by atoms with van der Waals surface area (Å²) in [5, 5.41) is 9.71. The zero-order chi connectivity index (χ0) is 9.31. The van der Waals surface area contributed by atoms with E-state index < -0.39 is 5.60 Å². The van der Waals surface area contributed by atoms with Crippen molar-refractivity contribution in [1.82, 2.24) is 9.88 Å². The van der Waals surface area contributed by atoms with Gasteiger partial charge in [-0.15, -0.1) is 0 Å². The molecule has 0 aromatic carbocycles. The Morgan fingerprint density at radius 2 is 2.62 bits per heavy atom. The monoisotopic (exact) mass is 182 g/mol. The van der Waals surface area contributed by atoms with Crippen molar-refractivity contribution in [3.63, 3.8) is 0 Å². The second-order valence-corrected chi connectivity index (χ2v) is 3.94. The molecule has 2 rings (SSSR count). The lowest BCUT2D eigenvalue weighted by Crippen LogP contribution is -2.29. The van der Waals surface area contributed by atoms with E-state index in [4.69, 9.17) is 4.42 Å². The van der Waals surface area contributed by atoms with E-state index in [2.05, 4.69) is 9.88 Å². The average Bonchev–Trinajstić information content (AvgIpc) is 2.61. The van der Waals surface area contributed by atoms with Crippen LogP contribution in [0.5, 0.6) is 0 Å². The summed E-state index contributed by atoms with van der Waals surface area (Å²) in [6.07, 6.45) is 3.92. The van der Waals surface area contributed by atoms with Crippen LogP contribution in [0.2, 0.25) is 0 Å². The summed E-state index contributed by atoms with van der Waals surface area (Å²) in [6.45, 7) is 4.29. The van der Waals surface area contributed by atoms with E-state index in [1.807, 2.05) is 6.92 Å². The molecule has 1 aromatic heterocycles. The van der Waals surface area contributed by atoms with Crippen LogP contribution in [0.1, 0.15) is 19.0 Å². The van der Waals surface area contributed by atoms with E-state index >= 15 is 0 Å². The fraction of sp³-hybridized carbons (Fsp3) is 0.667. The molecule has 1 aromatic rings. The minimum absolute atomic E-state index is 0.524. The molecule has 2 heterocycles. The predicted molar refractivity (Wildman–Crippen MR) is 47.0 cm³/mol. The van der Waals surface area contributed by atoms with Crippen molar-refractivity contribution in [2.75, 3.05) is 13.1 Å². The highest BCUT2D eigenvalue weighted by Crippen LogP contribution is 2.21. The summed E-state index contributed by atoms with van der Waals surface area (Å²) >= 11 is 0. The van der Waals surface area contributed by atoms with Crippen LogP contribution < -0.4 is 0 Å². The number of aromatic nitrogens is 1. The van der Waals surface area contributed by atoms with Crippen molar-refractivity contribution in [1.29, 1.82) is 0 Å². The van der Waals surface area contributed by atoms with Crippen molar-refractivity contribution in [3.8, 4) is 0 Å². The highest BCUT2D eigenvalue weighted by molar-refractivity contribution is 4.94. The number of likely N-dealkylation sites (tertiary alicyclic amines) is 1. The van der Waals surface area contributed by atoms with Gasteiger partial charge in [-0.25, -0.2) is 4.98 Å². The molecule has 13 heavy (non-hydrogen) atoms. The van der Waals surface area contributed by atoms with Gasteiger partial charge in [-0.3, -0.25) is 4.90 Å². The van der Waals surface area contributed by atoms with Crippen LogP contribution in [-0.4, -0.2) is 33.7 Å². The molecule has 1 saturated heterocycles. The second-order valence-electron chi connectivity index (χ2n) is 3.94. The number of rotatable bonds is 2. The lowest BCUT2D eigenvalue weighted by atomic mass is 10.1. The molecule has 0 amide bonds. The van der Waals surface area contributed by atoms with Crippen molar-refractivity contribution in [2.45, 2.75) is 25.5 Å². The summed E-state index contributed by atoms with van der Waals surface area (Å²) in [5.41, 5.74) is 0.404. The van der Waals surface area contributed by atoms with Gasteiger partial charge in [0.05, 0.1) is 11.3 Å². The molecule has 1 N–H and O–H groups in total. The van der Waals surface area contributed by atoms with Gasteiger partial charge in [0, 0.05) is 19.6 Å². The largest absolute Gasteiger partial charge is 0.451 e. The summed E-state index contributed by atoms with van der Waals surface area (Å²) in [4.78, 5) is 6.22. The quantitative estimate of drug-likeness (QED) is 0.729. The first-order valence-corrected chi connectivity index (χ1v) is 4.47. The predicted octanol–water partition coefficient (Wildman–Crippen LogP) is 0.631. The Bertz CT molecular complexity index is 269. The maximum absolute atomic E-state index is 9.71. The van der Waals surface area contributed by atoms with Crippen molar-refractivity contribution in [3.05, 3.63) is 18.4 Å². The third kappa shape index (κ3) is 2.08. The number of oxazole rings is 1. The first kappa shape index (κ1) is 8.72. The van der Waals surface area contributed by atoms with E-state index in [1.165, 1.54) is 6.39 Å². The Balaban J connectivity index is 1.91. The molecule has 1 unspecified atom stereocenters. The van der Waals surface area contributed by atoms with Gasteiger partial charge in [0.15, 0.2) is 6.39 Å². The zero-order valence-corrected chi connectivity index (χ0v) is 7.73. The van der Waals surface area contributed by atoms with Crippen LogP contribution in [0.3, 0.4) is 0 Å². The molecule has 4 heteroatoms. The highest BCUT2D eigenvalue weighted by Gasteiger charge is 2.31. The molecule has 0 bridgehead atoms. The fourth-order valence-corrected chi connectivity index (χ4v) is 1.72. The first-order chi connectivity index (χ1) is 6.16. The normalized spacial score (nSPS) is 29.7. The molecule has 0 spiro atoms. The van der Waals surface area contributed by atoms with Gasteiger partial charge in [0.2, 0.25) is 0 Å².